The van der Waals surface area contributed by atoms with Crippen LogP contribution in [0, 0.1) is 5.92 Å². The third-order valence-corrected chi connectivity index (χ3v) is 4.50. The number of ether oxygens (including phenoxy) is 1. The lowest BCUT2D eigenvalue weighted by Crippen LogP contribution is -2.48. The highest BCUT2D eigenvalue weighted by atomic mass is 35.5. The zero-order valence-electron chi connectivity index (χ0n) is 15.0. The molecule has 0 aliphatic carbocycles. The molecule has 0 bridgehead atoms. The molecule has 1 N–H and O–H groups in total. The van der Waals surface area contributed by atoms with E-state index in [4.69, 9.17) is 16.3 Å². The minimum Gasteiger partial charge on any atom is -0.449 e. The first-order valence-corrected chi connectivity index (χ1v) is 9.12. The zero-order chi connectivity index (χ0) is 18.7. The SMILES string of the molecule is CC(C)COC(=O)N1CCN(Cc2nc3ccc(Cl)cc3c(=O)[nH]2)CC1. The summed E-state index contributed by atoms with van der Waals surface area (Å²) in [4.78, 5) is 35.4. The average Bonchev–Trinajstić information content (AvgIpc) is 2.61. The molecule has 26 heavy (non-hydrogen) atoms. The number of carbonyl (C=O) groups is 1. The molecule has 1 amide bonds. The Morgan fingerprint density at radius 1 is 1.31 bits per heavy atom. The molecule has 1 fully saturated rings. The molecule has 140 valence electrons. The van der Waals surface area contributed by atoms with Crippen LogP contribution in [0.3, 0.4) is 0 Å². The van der Waals surface area contributed by atoms with E-state index in [1.165, 1.54) is 0 Å². The quantitative estimate of drug-likeness (QED) is 0.884. The fraction of sp³-hybridized carbons (Fsp3) is 0.500. The number of H-pyrrole nitrogens is 1. The van der Waals surface area contributed by atoms with Crippen LogP contribution in [0.1, 0.15) is 19.7 Å². The molecule has 2 heterocycles. The van der Waals surface area contributed by atoms with Crippen LogP contribution in [0.25, 0.3) is 10.9 Å². The van der Waals surface area contributed by atoms with Crippen molar-refractivity contribution >= 4 is 28.6 Å². The molecule has 1 aromatic carbocycles. The fourth-order valence-corrected chi connectivity index (χ4v) is 3.04. The van der Waals surface area contributed by atoms with Gasteiger partial charge in [0.25, 0.3) is 5.56 Å². The van der Waals surface area contributed by atoms with Gasteiger partial charge in [-0.25, -0.2) is 9.78 Å². The lowest BCUT2D eigenvalue weighted by molar-refractivity contribution is 0.0670. The van der Waals surface area contributed by atoms with Crippen LogP contribution >= 0.6 is 11.6 Å². The third kappa shape index (κ3) is 4.53. The standard InChI is InChI=1S/C18H23ClN4O3/c1-12(2)11-26-18(25)23-7-5-22(6-8-23)10-16-20-15-4-3-13(19)9-14(15)17(24)21-16/h3-4,9,12H,5-8,10-11H2,1-2H3,(H,20,21,24). The van der Waals surface area contributed by atoms with Crippen molar-refractivity contribution < 1.29 is 9.53 Å². The predicted octanol–water partition coefficient (Wildman–Crippen LogP) is 2.49. The highest BCUT2D eigenvalue weighted by Gasteiger charge is 2.23. The normalized spacial score (nSPS) is 15.6. The fourth-order valence-electron chi connectivity index (χ4n) is 2.86. The Kier molecular flexibility index (Phi) is 5.78. The Bertz CT molecular complexity index is 844. The second-order valence-corrected chi connectivity index (χ2v) is 7.34. The molecule has 0 radical (unpaired) electrons. The molecule has 2 aromatic rings. The number of hydrogen-bond acceptors (Lipinski definition) is 5. The van der Waals surface area contributed by atoms with Gasteiger partial charge in [-0.2, -0.15) is 0 Å². The van der Waals surface area contributed by atoms with Crippen LogP contribution in [0.5, 0.6) is 0 Å². The van der Waals surface area contributed by atoms with Gasteiger partial charge in [0.15, 0.2) is 0 Å². The summed E-state index contributed by atoms with van der Waals surface area (Å²) < 4.78 is 5.27. The van der Waals surface area contributed by atoms with Crippen molar-refractivity contribution in [1.82, 2.24) is 19.8 Å². The van der Waals surface area contributed by atoms with Gasteiger partial charge in [-0.05, 0) is 24.1 Å². The lowest BCUT2D eigenvalue weighted by Gasteiger charge is -2.33. The molecule has 0 unspecified atom stereocenters. The van der Waals surface area contributed by atoms with Crippen molar-refractivity contribution in [3.05, 3.63) is 39.4 Å². The molecule has 0 spiro atoms. The first kappa shape index (κ1) is 18.7. The second-order valence-electron chi connectivity index (χ2n) is 6.91. The monoisotopic (exact) mass is 378 g/mol. The summed E-state index contributed by atoms with van der Waals surface area (Å²) in [6.45, 7) is 7.61. The van der Waals surface area contributed by atoms with Gasteiger partial charge < -0.3 is 14.6 Å². The number of aromatic amines is 1. The number of nitrogens with one attached hydrogen (secondary N) is 1. The summed E-state index contributed by atoms with van der Waals surface area (Å²) in [6, 6.07) is 5.09. The van der Waals surface area contributed by atoms with Gasteiger partial charge in [-0.15, -0.1) is 0 Å². The maximum atomic E-state index is 12.2. The topological polar surface area (TPSA) is 78.5 Å². The second kappa shape index (κ2) is 8.05. The van der Waals surface area contributed by atoms with Crippen molar-refractivity contribution in [2.75, 3.05) is 32.8 Å². The summed E-state index contributed by atoms with van der Waals surface area (Å²) in [5.41, 5.74) is 0.437. The number of amides is 1. The van der Waals surface area contributed by atoms with Gasteiger partial charge >= 0.3 is 6.09 Å². The Labute approximate surface area is 156 Å². The van der Waals surface area contributed by atoms with E-state index in [2.05, 4.69) is 14.9 Å². The van der Waals surface area contributed by atoms with Crippen LogP contribution in [0.4, 0.5) is 4.79 Å². The van der Waals surface area contributed by atoms with E-state index in [-0.39, 0.29) is 11.7 Å². The average molecular weight is 379 g/mol. The van der Waals surface area contributed by atoms with Crippen LogP contribution in [-0.2, 0) is 11.3 Å². The van der Waals surface area contributed by atoms with Gasteiger partial charge in [0.05, 0.1) is 24.1 Å². The molecular weight excluding hydrogens is 356 g/mol. The summed E-state index contributed by atoms with van der Waals surface area (Å²) >= 11 is 5.93. The molecule has 1 aliphatic heterocycles. The van der Waals surface area contributed by atoms with E-state index in [9.17, 15) is 9.59 Å². The Morgan fingerprint density at radius 3 is 2.73 bits per heavy atom. The molecule has 7 nitrogen and oxygen atoms in total. The number of piperazine rings is 1. The van der Waals surface area contributed by atoms with Crippen LogP contribution < -0.4 is 5.56 Å². The minimum absolute atomic E-state index is 0.191. The van der Waals surface area contributed by atoms with E-state index in [1.807, 2.05) is 13.8 Å². The van der Waals surface area contributed by atoms with Gasteiger partial charge in [-0.1, -0.05) is 25.4 Å². The highest BCUT2D eigenvalue weighted by Crippen LogP contribution is 2.15. The number of rotatable bonds is 4. The van der Waals surface area contributed by atoms with Crippen molar-refractivity contribution in [1.29, 1.82) is 0 Å². The Balaban J connectivity index is 1.59. The molecule has 0 saturated carbocycles. The summed E-state index contributed by atoms with van der Waals surface area (Å²) in [5.74, 6) is 0.937. The number of halogens is 1. The maximum absolute atomic E-state index is 12.2. The van der Waals surface area contributed by atoms with Crippen molar-refractivity contribution in [3.63, 3.8) is 0 Å². The summed E-state index contributed by atoms with van der Waals surface area (Å²) in [5, 5.41) is 0.997. The number of aromatic nitrogens is 2. The van der Waals surface area contributed by atoms with Crippen molar-refractivity contribution in [2.24, 2.45) is 5.92 Å². The minimum atomic E-state index is -0.257. The molecular formula is C18H23ClN4O3. The van der Waals surface area contributed by atoms with Gasteiger partial charge in [-0.3, -0.25) is 9.69 Å². The number of benzene rings is 1. The summed E-state index contributed by atoms with van der Waals surface area (Å²) in [7, 11) is 0. The van der Waals surface area contributed by atoms with E-state index in [1.54, 1.807) is 23.1 Å². The number of carbonyl (C=O) groups excluding carboxylic acids is 1. The zero-order valence-corrected chi connectivity index (χ0v) is 15.8. The van der Waals surface area contributed by atoms with Crippen LogP contribution in [-0.4, -0.2) is 58.6 Å². The molecule has 8 heteroatoms. The summed E-state index contributed by atoms with van der Waals surface area (Å²) in [6.07, 6.45) is -0.257. The van der Waals surface area contributed by atoms with E-state index < -0.39 is 0 Å². The molecule has 3 rings (SSSR count). The van der Waals surface area contributed by atoms with E-state index in [0.29, 0.717) is 67.0 Å². The molecule has 1 aliphatic rings. The van der Waals surface area contributed by atoms with Gasteiger partial charge in [0, 0.05) is 31.2 Å². The smallest absolute Gasteiger partial charge is 0.409 e. The van der Waals surface area contributed by atoms with E-state index >= 15 is 0 Å². The van der Waals surface area contributed by atoms with Crippen molar-refractivity contribution in [2.45, 2.75) is 20.4 Å². The molecule has 1 saturated heterocycles. The third-order valence-electron chi connectivity index (χ3n) is 4.26. The van der Waals surface area contributed by atoms with Gasteiger partial charge in [0.1, 0.15) is 5.82 Å². The van der Waals surface area contributed by atoms with Crippen LogP contribution in [0.2, 0.25) is 5.02 Å². The first-order chi connectivity index (χ1) is 12.4. The molecule has 1 aromatic heterocycles. The van der Waals surface area contributed by atoms with Crippen molar-refractivity contribution in [3.8, 4) is 0 Å². The number of hydrogen-bond donors (Lipinski definition) is 1. The first-order valence-electron chi connectivity index (χ1n) is 8.75. The number of nitrogens with zero attached hydrogens (tertiary/aromatic N) is 3. The lowest BCUT2D eigenvalue weighted by atomic mass is 10.2. The Morgan fingerprint density at radius 2 is 2.04 bits per heavy atom. The van der Waals surface area contributed by atoms with Gasteiger partial charge in [0.2, 0.25) is 0 Å². The molecule has 0 atom stereocenters. The maximum Gasteiger partial charge on any atom is 0.409 e. The van der Waals surface area contributed by atoms with E-state index in [0.717, 1.165) is 0 Å². The highest BCUT2D eigenvalue weighted by molar-refractivity contribution is 6.31. The largest absolute Gasteiger partial charge is 0.449 e. The Hall–Kier alpha value is -2.12. The predicted molar refractivity (Wildman–Crippen MR) is 100 cm³/mol. The van der Waals surface area contributed by atoms with Crippen LogP contribution in [0.15, 0.2) is 23.0 Å². The number of fused-ring (bicyclic) bond motifs is 1.